The number of nitro benzene ring substituents is 2. The van der Waals surface area contributed by atoms with Crippen molar-refractivity contribution in [1.82, 2.24) is 15.2 Å². The number of nitro groups is 2. The number of hydrazine groups is 1. The van der Waals surface area contributed by atoms with Gasteiger partial charge in [0.15, 0.2) is 0 Å². The molecule has 0 fully saturated rings. The number of hydrogen-bond donors (Lipinski definition) is 2. The lowest BCUT2D eigenvalue weighted by Gasteiger charge is -2.14. The first-order chi connectivity index (χ1) is 29.0. The number of aromatic nitrogens is 2. The largest absolute Gasteiger partial charge is 0.496 e. The van der Waals surface area contributed by atoms with Gasteiger partial charge in [-0.3, -0.25) is 45.8 Å². The molecule has 0 atom stereocenters. The van der Waals surface area contributed by atoms with Crippen molar-refractivity contribution in [3.8, 4) is 33.8 Å². The minimum atomic E-state index is -4.35. The lowest BCUT2D eigenvalue weighted by Crippen LogP contribution is -2.33. The quantitative estimate of drug-likeness (QED) is 0.0356. The number of ketones is 2. The van der Waals surface area contributed by atoms with Crippen molar-refractivity contribution in [3.63, 3.8) is 0 Å². The molecule has 0 bridgehead atoms. The Kier molecular flexibility index (Phi) is 17.4. The molecular weight excluding hydrogens is 830 g/mol. The number of carbonyl (C=O) groups is 2. The van der Waals surface area contributed by atoms with Crippen LogP contribution in [0.3, 0.4) is 0 Å². The fourth-order valence-electron chi connectivity index (χ4n) is 6.22. The summed E-state index contributed by atoms with van der Waals surface area (Å²) in [7, 11) is 3.02. The summed E-state index contributed by atoms with van der Waals surface area (Å²) in [6, 6.07) is 23.2. The molecule has 5 aromatic rings. The van der Waals surface area contributed by atoms with Crippen molar-refractivity contribution in [2.45, 2.75) is 59.4 Å². The van der Waals surface area contributed by atoms with Crippen LogP contribution in [0, 0.1) is 40.0 Å². The maximum absolute atomic E-state index is 12.8. The lowest BCUT2D eigenvalue weighted by atomic mass is 9.91. The normalized spacial score (nSPS) is 11.2. The van der Waals surface area contributed by atoms with Gasteiger partial charge in [0.25, 0.3) is 11.4 Å². The van der Waals surface area contributed by atoms with Crippen molar-refractivity contribution in [2.24, 2.45) is 11.8 Å². The summed E-state index contributed by atoms with van der Waals surface area (Å²) in [5.41, 5.74) is 7.33. The molecule has 62 heavy (non-hydrogen) atoms. The highest BCUT2D eigenvalue weighted by molar-refractivity contribution is 6.00. The Morgan fingerprint density at radius 3 is 1.61 bits per heavy atom. The molecule has 0 aliphatic carbocycles. The average Bonchev–Trinajstić information content (AvgIpc) is 3.45. The van der Waals surface area contributed by atoms with Crippen LogP contribution >= 0.6 is 0 Å². The highest BCUT2D eigenvalue weighted by atomic mass is 19.4. The average molecular weight is 875 g/mol. The van der Waals surface area contributed by atoms with Crippen molar-refractivity contribution >= 4 is 22.9 Å². The summed E-state index contributed by atoms with van der Waals surface area (Å²) < 4.78 is 82.8. The van der Waals surface area contributed by atoms with Gasteiger partial charge in [0, 0.05) is 53.1 Å². The first-order valence-corrected chi connectivity index (χ1v) is 18.4. The van der Waals surface area contributed by atoms with E-state index in [1.165, 1.54) is 57.8 Å². The van der Waals surface area contributed by atoms with Gasteiger partial charge < -0.3 is 9.47 Å². The van der Waals surface area contributed by atoms with Gasteiger partial charge in [-0.25, -0.2) is 0 Å². The van der Waals surface area contributed by atoms with E-state index < -0.39 is 41.2 Å². The van der Waals surface area contributed by atoms with E-state index in [4.69, 9.17) is 9.47 Å². The van der Waals surface area contributed by atoms with Crippen molar-refractivity contribution < 1.29 is 55.3 Å². The third-order valence-electron chi connectivity index (χ3n) is 9.23. The molecule has 14 nitrogen and oxygen atoms in total. The van der Waals surface area contributed by atoms with Gasteiger partial charge in [-0.2, -0.15) is 31.4 Å². The number of hydrogen-bond acceptors (Lipinski definition) is 11. The second-order valence-electron chi connectivity index (χ2n) is 13.8. The topological polar surface area (TPSA) is 195 Å². The predicted octanol–water partition coefficient (Wildman–Crippen LogP) is 8.86. The molecule has 20 heteroatoms. The Morgan fingerprint density at radius 2 is 1.23 bits per heavy atom. The molecule has 0 saturated carbocycles. The van der Waals surface area contributed by atoms with Crippen LogP contribution < -0.4 is 20.7 Å². The number of halogens is 6. The molecule has 1 heterocycles. The van der Waals surface area contributed by atoms with Gasteiger partial charge >= 0.3 is 12.4 Å². The summed E-state index contributed by atoms with van der Waals surface area (Å²) in [5.74, 6) is 4.40. The number of ether oxygens (including phenoxy) is 2. The van der Waals surface area contributed by atoms with Gasteiger partial charge in [-0.1, -0.05) is 36.4 Å². The maximum Gasteiger partial charge on any atom is 0.408 e. The smallest absolute Gasteiger partial charge is 0.408 e. The van der Waals surface area contributed by atoms with Crippen LogP contribution in [0.1, 0.15) is 41.9 Å². The Morgan fingerprint density at radius 1 is 0.758 bits per heavy atom. The number of non-ortho nitro benzene ring substituents is 2. The first-order valence-electron chi connectivity index (χ1n) is 18.4. The zero-order valence-electron chi connectivity index (χ0n) is 34.4. The van der Waals surface area contributed by atoms with Crippen LogP contribution in [-0.4, -0.2) is 64.3 Å². The van der Waals surface area contributed by atoms with Crippen LogP contribution in [0.25, 0.3) is 22.3 Å². The third-order valence-corrected chi connectivity index (χ3v) is 9.23. The SMILES string of the molecule is COc1ccc(CC(C(C)=O)C(C)=O)cc1-c1cccc([N+](=O)[O-])c1.COc1ccc(Cc2c(C)nn(CC(F)(F)F)c2C)cc1-c1cccc([N+](=O)[O-])c1.NNCC(F)(F)F. The van der Waals surface area contributed by atoms with Gasteiger partial charge in [0.1, 0.15) is 36.2 Å². The number of methoxy groups -OCH3 is 2. The number of carbonyl (C=O) groups excluding carboxylic acids is 2. The standard InChI is InChI=1S/C21H20F3N3O3.C19H19NO5.C2H5F3N2/c1-13-18(14(2)26(25-13)12-21(22,23)24)9-15-7-8-20(30-3)19(10-15)16-5-4-6-17(11-16)27(28)29;1-12(21)17(13(2)22)9-14-7-8-19(25-3)18(10-14)15-5-4-6-16(11-15)20(23)24;3-2(4,5)1-7-6/h4-8,10-11H,9,12H2,1-3H3;4-8,10-11,17H,9H2,1-3H3;7H,1,6H2. The van der Waals surface area contributed by atoms with E-state index in [0.29, 0.717) is 51.6 Å². The number of rotatable bonds is 14. The first kappa shape index (κ1) is 49.7. The summed E-state index contributed by atoms with van der Waals surface area (Å²) in [4.78, 5) is 44.5. The van der Waals surface area contributed by atoms with E-state index in [1.54, 1.807) is 62.4 Å². The zero-order chi connectivity index (χ0) is 46.5. The zero-order valence-corrected chi connectivity index (χ0v) is 34.4. The summed E-state index contributed by atoms with van der Waals surface area (Å²) >= 11 is 0. The Hall–Kier alpha value is -6.67. The second-order valence-corrected chi connectivity index (χ2v) is 13.8. The van der Waals surface area contributed by atoms with Gasteiger partial charge in [0.05, 0.1) is 35.7 Å². The number of alkyl halides is 6. The number of nitrogens with two attached hydrogens (primary N) is 1. The van der Waals surface area contributed by atoms with Gasteiger partial charge in [-0.15, -0.1) is 0 Å². The van der Waals surface area contributed by atoms with E-state index in [0.717, 1.165) is 21.4 Å². The molecule has 0 amide bonds. The van der Waals surface area contributed by atoms with Crippen LogP contribution in [0.5, 0.6) is 11.5 Å². The molecule has 0 aliphatic heterocycles. The van der Waals surface area contributed by atoms with E-state index in [-0.39, 0.29) is 29.4 Å². The number of aryl methyl sites for hydroxylation is 1. The molecule has 5 rings (SSSR count). The van der Waals surface area contributed by atoms with E-state index in [1.807, 2.05) is 12.1 Å². The molecule has 332 valence electrons. The monoisotopic (exact) mass is 874 g/mol. The number of benzene rings is 4. The van der Waals surface area contributed by atoms with Gasteiger partial charge in [0.2, 0.25) is 0 Å². The molecule has 0 aliphatic rings. The molecule has 0 spiro atoms. The fraction of sp³-hybridized carbons (Fsp3) is 0.310. The van der Waals surface area contributed by atoms with E-state index in [9.17, 15) is 56.2 Å². The predicted molar refractivity (Wildman–Crippen MR) is 218 cm³/mol. The Bertz CT molecular complexity index is 2370. The number of Topliss-reactive ketones (excluding diaryl/α,β-unsaturated/α-hetero) is 2. The Labute approximate surface area is 351 Å². The highest BCUT2D eigenvalue weighted by Gasteiger charge is 2.30. The molecule has 3 N–H and O–H groups in total. The minimum Gasteiger partial charge on any atom is -0.496 e. The molecular formula is C42H44F6N6O8. The minimum absolute atomic E-state index is 0.0182. The fourth-order valence-corrected chi connectivity index (χ4v) is 6.22. The number of nitrogens with zero attached hydrogens (tertiary/aromatic N) is 4. The van der Waals surface area contributed by atoms with E-state index in [2.05, 4.69) is 10.9 Å². The molecule has 0 radical (unpaired) electrons. The molecule has 4 aromatic carbocycles. The van der Waals surface area contributed by atoms with Crippen LogP contribution in [0.2, 0.25) is 0 Å². The van der Waals surface area contributed by atoms with Crippen molar-refractivity contribution in [2.75, 3.05) is 20.8 Å². The number of nitrogens with one attached hydrogen (secondary N) is 1. The van der Waals surface area contributed by atoms with Crippen LogP contribution in [0.15, 0.2) is 84.9 Å². The van der Waals surface area contributed by atoms with Crippen LogP contribution in [0.4, 0.5) is 37.7 Å². The molecule has 0 saturated heterocycles. The van der Waals surface area contributed by atoms with Gasteiger partial charge in [-0.05, 0) is 80.6 Å². The molecule has 0 unspecified atom stereocenters. The second kappa shape index (κ2) is 21.7. The van der Waals surface area contributed by atoms with Crippen LogP contribution in [-0.2, 0) is 29.0 Å². The molecule has 1 aromatic heterocycles. The summed E-state index contributed by atoms with van der Waals surface area (Å²) in [6.07, 6.45) is -7.87. The third kappa shape index (κ3) is 14.5. The highest BCUT2D eigenvalue weighted by Crippen LogP contribution is 2.35. The van der Waals surface area contributed by atoms with Crippen molar-refractivity contribution in [3.05, 3.63) is 133 Å². The Balaban J connectivity index is 0.000000290. The van der Waals surface area contributed by atoms with E-state index >= 15 is 0 Å². The summed E-state index contributed by atoms with van der Waals surface area (Å²) in [5, 5.41) is 26.1. The summed E-state index contributed by atoms with van der Waals surface area (Å²) in [6.45, 7) is 3.83. The lowest BCUT2D eigenvalue weighted by molar-refractivity contribution is -0.385. The maximum atomic E-state index is 12.8. The van der Waals surface area contributed by atoms with Crippen molar-refractivity contribution in [1.29, 1.82) is 0 Å².